The maximum absolute atomic E-state index is 5.99. The van der Waals surface area contributed by atoms with Crippen molar-refractivity contribution in [3.63, 3.8) is 0 Å². The van der Waals surface area contributed by atoms with Gasteiger partial charge in [-0.3, -0.25) is 0 Å². The van der Waals surface area contributed by atoms with Gasteiger partial charge in [-0.2, -0.15) is 0 Å². The first-order chi connectivity index (χ1) is 9.34. The molecule has 109 valence electrons. The number of fused-ring (bicyclic) bond motifs is 3. The second kappa shape index (κ2) is 4.70. The van der Waals surface area contributed by atoms with Gasteiger partial charge in [0.15, 0.2) is 0 Å². The minimum absolute atomic E-state index is 0. The third-order valence-electron chi connectivity index (χ3n) is 3.39. The summed E-state index contributed by atoms with van der Waals surface area (Å²) in [6.45, 7) is 0. The van der Waals surface area contributed by atoms with Gasteiger partial charge in [-0.25, -0.2) is 0 Å². The third kappa shape index (κ3) is 1.81. The summed E-state index contributed by atoms with van der Waals surface area (Å²) >= 11 is 0. The number of furan rings is 1. The fourth-order valence-corrected chi connectivity index (χ4v) is 2.24. The minimum Gasteiger partial charge on any atom is -0.481 e. The van der Waals surface area contributed by atoms with Crippen LogP contribution >= 0.6 is 0 Å². The van der Waals surface area contributed by atoms with Crippen molar-refractivity contribution in [3.05, 3.63) is 6.07 Å². The largest absolute Gasteiger partial charge is 0.481 e. The van der Waals surface area contributed by atoms with Crippen LogP contribution in [0.15, 0.2) is 4.42 Å². The van der Waals surface area contributed by atoms with Crippen LogP contribution in [0.4, 0.5) is 39.8 Å². The average molecular weight is 509 g/mol. The summed E-state index contributed by atoms with van der Waals surface area (Å²) in [5, 5.41) is 0.937. The molecule has 2 aromatic carbocycles. The van der Waals surface area contributed by atoms with Crippen molar-refractivity contribution in [2.24, 2.45) is 0 Å². The molecule has 3 rings (SSSR count). The molecule has 0 amide bonds. The Morgan fingerprint density at radius 1 is 0.619 bits per heavy atom. The Labute approximate surface area is 142 Å². The maximum Gasteiger partial charge on any atom is 0.147 e. The summed E-state index contributed by atoms with van der Waals surface area (Å²) in [5.41, 5.74) is 43.0. The number of nitrogens with two attached hydrogens (primary N) is 7. The first-order valence-electron chi connectivity index (χ1n) is 5.68. The van der Waals surface area contributed by atoms with Gasteiger partial charge in [0.25, 0.3) is 0 Å². The van der Waals surface area contributed by atoms with E-state index in [-0.39, 0.29) is 75.3 Å². The van der Waals surface area contributed by atoms with Gasteiger partial charge in [0.05, 0.1) is 22.7 Å². The molecule has 14 N–H and O–H groups in total. The average Bonchev–Trinajstić information content (AvgIpc) is 2.79. The fraction of sp³-hybridized carbons (Fsp3) is 0. The quantitative estimate of drug-likeness (QED) is 0.168. The molecule has 3 aromatic rings. The van der Waals surface area contributed by atoms with E-state index in [1.54, 1.807) is 0 Å². The number of hydrogen-bond donors (Lipinski definition) is 7. The van der Waals surface area contributed by atoms with Crippen LogP contribution in [0.5, 0.6) is 0 Å². The second-order valence-corrected chi connectivity index (χ2v) is 4.53. The number of benzene rings is 2. The Hall–Kier alpha value is -2.15. The van der Waals surface area contributed by atoms with Gasteiger partial charge in [-0.15, -0.1) is 6.07 Å². The molecule has 0 aliphatic heterocycles. The second-order valence-electron chi connectivity index (χ2n) is 4.53. The van der Waals surface area contributed by atoms with Crippen molar-refractivity contribution < 1.29 is 34.4 Å². The Bertz CT molecular complexity index is 887. The molecule has 0 saturated heterocycles. The molecular formula is C12H14N7NpO-. The van der Waals surface area contributed by atoms with Gasteiger partial charge in [-0.05, 0) is 11.4 Å². The Kier molecular flexibility index (Phi) is 3.41. The Morgan fingerprint density at radius 2 is 1.14 bits per heavy atom. The van der Waals surface area contributed by atoms with Gasteiger partial charge < -0.3 is 44.6 Å². The van der Waals surface area contributed by atoms with Crippen molar-refractivity contribution >= 4 is 61.8 Å². The van der Waals surface area contributed by atoms with Crippen LogP contribution in [0.2, 0.25) is 0 Å². The van der Waals surface area contributed by atoms with Gasteiger partial charge in [-0.1, -0.05) is 11.1 Å². The molecule has 8 nitrogen and oxygen atoms in total. The third-order valence-corrected chi connectivity index (χ3v) is 3.39. The van der Waals surface area contributed by atoms with E-state index in [2.05, 4.69) is 6.07 Å². The van der Waals surface area contributed by atoms with Crippen molar-refractivity contribution in [3.8, 4) is 0 Å². The summed E-state index contributed by atoms with van der Waals surface area (Å²) in [6.07, 6.45) is 0. The topological polar surface area (TPSA) is 195 Å². The van der Waals surface area contributed by atoms with Crippen LogP contribution in [0.25, 0.3) is 21.9 Å². The van der Waals surface area contributed by atoms with E-state index >= 15 is 0 Å². The van der Waals surface area contributed by atoms with Crippen LogP contribution in [0.3, 0.4) is 0 Å². The molecule has 1 heterocycles. The fourth-order valence-electron chi connectivity index (χ4n) is 2.24. The van der Waals surface area contributed by atoms with Crippen molar-refractivity contribution in [1.29, 1.82) is 0 Å². The van der Waals surface area contributed by atoms with E-state index < -0.39 is 0 Å². The van der Waals surface area contributed by atoms with E-state index in [0.29, 0.717) is 16.4 Å². The number of anilines is 7. The molecule has 1 radical (unpaired) electrons. The summed E-state index contributed by atoms with van der Waals surface area (Å²) in [7, 11) is 0. The van der Waals surface area contributed by atoms with Gasteiger partial charge in [0, 0.05) is 40.9 Å². The standard InChI is InChI=1S/C12H14N7O.Np/c13-2-1-3-4(7(15)6(2)14)5-8(16)9(17)10(18)11(19)12(5)20-3;/h13-19H2;/q-1;. The van der Waals surface area contributed by atoms with Crippen LogP contribution in [-0.4, -0.2) is 0 Å². The monoisotopic (exact) mass is 508 g/mol. The van der Waals surface area contributed by atoms with Crippen molar-refractivity contribution in [2.75, 3.05) is 40.1 Å². The first-order valence-corrected chi connectivity index (χ1v) is 5.68. The van der Waals surface area contributed by atoms with Gasteiger partial charge in [0.1, 0.15) is 5.58 Å². The molecular weight excluding hydrogens is 495 g/mol. The summed E-state index contributed by atoms with van der Waals surface area (Å²) in [5.74, 6) is 0. The zero-order valence-corrected chi connectivity index (χ0v) is 14.6. The normalized spacial score (nSPS) is 10.9. The maximum atomic E-state index is 5.99. The van der Waals surface area contributed by atoms with E-state index in [1.165, 1.54) is 0 Å². The van der Waals surface area contributed by atoms with Crippen molar-refractivity contribution in [2.45, 2.75) is 0 Å². The van der Waals surface area contributed by atoms with E-state index in [1.807, 2.05) is 0 Å². The molecule has 0 bridgehead atoms. The van der Waals surface area contributed by atoms with E-state index in [0.717, 1.165) is 0 Å². The number of rotatable bonds is 0. The summed E-state index contributed by atoms with van der Waals surface area (Å²) < 4.78 is 5.60. The van der Waals surface area contributed by atoms with Crippen LogP contribution in [0.1, 0.15) is 0 Å². The summed E-state index contributed by atoms with van der Waals surface area (Å²) in [4.78, 5) is 0. The van der Waals surface area contributed by atoms with Gasteiger partial charge >= 0.3 is 0 Å². The first kappa shape index (κ1) is 15.2. The SMILES string of the molecule is Nc1[c-]c2oc3c(N)c(N)c(N)c(N)c3c2c(N)c1N.[Np]. The van der Waals surface area contributed by atoms with Gasteiger partial charge in [0.2, 0.25) is 0 Å². The molecule has 0 unspecified atom stereocenters. The minimum atomic E-state index is 0. The predicted octanol–water partition coefficient (Wildman–Crippen LogP) is 0.462. The summed E-state index contributed by atoms with van der Waals surface area (Å²) in [6, 6.07) is 2.79. The Balaban J connectivity index is 0.00000161. The zero-order valence-electron chi connectivity index (χ0n) is 10.9. The zero-order chi connectivity index (χ0) is 14.8. The molecule has 21 heavy (non-hydrogen) atoms. The molecule has 0 spiro atoms. The van der Waals surface area contributed by atoms with E-state index in [9.17, 15) is 0 Å². The Morgan fingerprint density at radius 3 is 1.76 bits per heavy atom. The number of nitrogen functional groups attached to an aromatic ring is 7. The molecule has 0 atom stereocenters. The van der Waals surface area contributed by atoms with E-state index in [4.69, 9.17) is 44.6 Å². The molecule has 1 aromatic heterocycles. The predicted molar refractivity (Wildman–Crippen MR) is 83.4 cm³/mol. The molecule has 9 heteroatoms. The van der Waals surface area contributed by atoms with Crippen LogP contribution in [0, 0.1) is 36.0 Å². The molecule has 0 fully saturated rings. The molecule has 0 aliphatic carbocycles. The number of hydrogen-bond acceptors (Lipinski definition) is 8. The van der Waals surface area contributed by atoms with Crippen LogP contribution < -0.4 is 40.1 Å². The smallest absolute Gasteiger partial charge is 0.147 e. The molecule has 0 saturated carbocycles. The van der Waals surface area contributed by atoms with Crippen LogP contribution in [-0.2, 0) is 0 Å². The molecule has 0 aliphatic rings. The van der Waals surface area contributed by atoms with Crippen molar-refractivity contribution in [1.82, 2.24) is 0 Å².